The number of aromatic nitrogens is 3. The van der Waals surface area contributed by atoms with Gasteiger partial charge in [-0.1, -0.05) is 0 Å². The molecule has 2 aromatic rings. The first-order valence-electron chi connectivity index (χ1n) is 8.36. The molecule has 2 N–H and O–H groups in total. The largest absolute Gasteiger partial charge is 0.462 e. The normalized spacial score (nSPS) is 15.4. The number of ether oxygens (including phenoxy) is 1. The maximum Gasteiger partial charge on any atom is 0.293 e. The van der Waals surface area contributed by atoms with Gasteiger partial charge in [0.2, 0.25) is 0 Å². The molecule has 1 aliphatic rings. The molecule has 0 aliphatic carbocycles. The number of aryl methyl sites for hydroxylation is 1. The molecule has 1 aliphatic heterocycles. The molecule has 0 aromatic carbocycles. The summed E-state index contributed by atoms with van der Waals surface area (Å²) in [6.45, 7) is 8.07. The summed E-state index contributed by atoms with van der Waals surface area (Å²) in [5, 5.41) is 6.91. The van der Waals surface area contributed by atoms with Gasteiger partial charge in [0.1, 0.15) is 23.0 Å². The summed E-state index contributed by atoms with van der Waals surface area (Å²) < 4.78 is 7.62. The Labute approximate surface area is 156 Å². The Hall–Kier alpha value is -1.67. The number of halogens is 1. The SMILES string of the molecule is CC(C)(C)OC=O.Cn1cc(Br)c2ncnc(NC3CCNCC3)c21. The Kier molecular flexibility index (Phi) is 6.78. The van der Waals surface area contributed by atoms with Crippen molar-refractivity contribution in [3.63, 3.8) is 0 Å². The van der Waals surface area contributed by atoms with Crippen LogP contribution in [0.5, 0.6) is 0 Å². The summed E-state index contributed by atoms with van der Waals surface area (Å²) in [6.07, 6.45) is 5.91. The first-order valence-corrected chi connectivity index (χ1v) is 9.15. The van der Waals surface area contributed by atoms with Crippen LogP contribution in [-0.4, -0.2) is 45.7 Å². The Morgan fingerprint density at radius 2 is 2.04 bits per heavy atom. The lowest BCUT2D eigenvalue weighted by Crippen LogP contribution is -2.35. The molecule has 0 atom stereocenters. The summed E-state index contributed by atoms with van der Waals surface area (Å²) in [5.74, 6) is 0.931. The molecule has 3 heterocycles. The van der Waals surface area contributed by atoms with Gasteiger partial charge in [0.25, 0.3) is 6.47 Å². The van der Waals surface area contributed by atoms with Crippen LogP contribution < -0.4 is 10.6 Å². The smallest absolute Gasteiger partial charge is 0.293 e. The number of hydrogen-bond donors (Lipinski definition) is 2. The van der Waals surface area contributed by atoms with Gasteiger partial charge in [-0.05, 0) is 62.6 Å². The van der Waals surface area contributed by atoms with E-state index >= 15 is 0 Å². The van der Waals surface area contributed by atoms with Crippen LogP contribution in [0, 0.1) is 0 Å². The van der Waals surface area contributed by atoms with E-state index in [1.54, 1.807) is 6.33 Å². The average Bonchev–Trinajstić information content (AvgIpc) is 2.83. The molecular weight excluding hydrogens is 386 g/mol. The standard InChI is InChI=1S/C12H16BrN5.C5H10O2/c1-18-6-9(13)10-11(18)12(16-7-15-10)17-8-2-4-14-5-3-8;1-5(2,3)7-4-6/h6-8,14H,2-5H2,1H3,(H,15,16,17);4H,1-3H3. The van der Waals surface area contributed by atoms with Gasteiger partial charge < -0.3 is 19.9 Å². The highest BCUT2D eigenvalue weighted by molar-refractivity contribution is 9.10. The number of nitrogens with one attached hydrogen (secondary N) is 2. The van der Waals surface area contributed by atoms with Crippen molar-refractivity contribution >= 4 is 39.3 Å². The van der Waals surface area contributed by atoms with Gasteiger partial charge in [0.15, 0.2) is 5.82 Å². The molecule has 2 aromatic heterocycles. The zero-order valence-corrected chi connectivity index (χ0v) is 16.8. The lowest BCUT2D eigenvalue weighted by atomic mass is 10.1. The number of rotatable bonds is 3. The number of piperidine rings is 1. The van der Waals surface area contributed by atoms with Crippen molar-refractivity contribution < 1.29 is 9.53 Å². The van der Waals surface area contributed by atoms with Gasteiger partial charge >= 0.3 is 0 Å². The first-order chi connectivity index (χ1) is 11.8. The van der Waals surface area contributed by atoms with E-state index in [2.05, 4.69) is 45.8 Å². The van der Waals surface area contributed by atoms with Crippen molar-refractivity contribution in [2.45, 2.75) is 45.3 Å². The van der Waals surface area contributed by atoms with E-state index in [-0.39, 0.29) is 5.60 Å². The Morgan fingerprint density at radius 3 is 2.60 bits per heavy atom. The van der Waals surface area contributed by atoms with E-state index in [0.29, 0.717) is 12.5 Å². The second kappa shape index (κ2) is 8.62. The topological polar surface area (TPSA) is 81.1 Å². The molecule has 0 amide bonds. The molecule has 138 valence electrons. The summed E-state index contributed by atoms with van der Waals surface area (Å²) in [4.78, 5) is 18.3. The molecule has 7 nitrogen and oxygen atoms in total. The highest BCUT2D eigenvalue weighted by Crippen LogP contribution is 2.28. The first kappa shape index (κ1) is 19.7. The summed E-state index contributed by atoms with van der Waals surface area (Å²) in [7, 11) is 2.02. The predicted octanol–water partition coefficient (Wildman–Crippen LogP) is 2.85. The van der Waals surface area contributed by atoms with E-state index < -0.39 is 0 Å². The average molecular weight is 412 g/mol. The van der Waals surface area contributed by atoms with E-state index in [1.807, 2.05) is 34.0 Å². The van der Waals surface area contributed by atoms with Crippen molar-refractivity contribution in [1.29, 1.82) is 0 Å². The third-order valence-corrected chi connectivity index (χ3v) is 4.37. The lowest BCUT2D eigenvalue weighted by molar-refractivity contribution is -0.138. The van der Waals surface area contributed by atoms with Crippen LogP contribution in [0.4, 0.5) is 5.82 Å². The van der Waals surface area contributed by atoms with E-state index in [9.17, 15) is 4.79 Å². The van der Waals surface area contributed by atoms with Crippen molar-refractivity contribution in [2.75, 3.05) is 18.4 Å². The van der Waals surface area contributed by atoms with E-state index in [1.165, 1.54) is 0 Å². The molecule has 0 radical (unpaired) electrons. The highest BCUT2D eigenvalue weighted by atomic mass is 79.9. The van der Waals surface area contributed by atoms with Crippen LogP contribution in [0.15, 0.2) is 17.0 Å². The Balaban J connectivity index is 0.000000277. The van der Waals surface area contributed by atoms with Crippen LogP contribution in [0.25, 0.3) is 11.0 Å². The fourth-order valence-electron chi connectivity index (χ4n) is 2.59. The molecule has 1 saturated heterocycles. The monoisotopic (exact) mass is 411 g/mol. The summed E-state index contributed by atoms with van der Waals surface area (Å²) in [5.41, 5.74) is 1.70. The number of nitrogens with zero attached hydrogens (tertiary/aromatic N) is 3. The van der Waals surface area contributed by atoms with Gasteiger partial charge in [-0.2, -0.15) is 0 Å². The number of hydrogen-bond acceptors (Lipinski definition) is 6. The maximum absolute atomic E-state index is 9.60. The second-order valence-corrected chi connectivity index (χ2v) is 7.86. The minimum Gasteiger partial charge on any atom is -0.462 e. The quantitative estimate of drug-likeness (QED) is 0.755. The number of fused-ring (bicyclic) bond motifs is 1. The number of carbonyl (C=O) groups is 1. The summed E-state index contributed by atoms with van der Waals surface area (Å²) >= 11 is 3.53. The van der Waals surface area contributed by atoms with Gasteiger partial charge in [0.05, 0.1) is 4.47 Å². The Morgan fingerprint density at radius 1 is 1.36 bits per heavy atom. The molecule has 8 heteroatoms. The molecule has 3 rings (SSSR count). The molecule has 25 heavy (non-hydrogen) atoms. The van der Waals surface area contributed by atoms with Gasteiger partial charge in [-0.3, -0.25) is 4.79 Å². The molecular formula is C17H26BrN5O2. The molecule has 0 unspecified atom stereocenters. The van der Waals surface area contributed by atoms with Gasteiger partial charge in [-0.25, -0.2) is 9.97 Å². The highest BCUT2D eigenvalue weighted by Gasteiger charge is 2.17. The zero-order chi connectivity index (χ0) is 18.4. The zero-order valence-electron chi connectivity index (χ0n) is 15.2. The fraction of sp³-hybridized carbons (Fsp3) is 0.588. The number of anilines is 1. The second-order valence-electron chi connectivity index (χ2n) is 7.00. The van der Waals surface area contributed by atoms with Crippen LogP contribution >= 0.6 is 15.9 Å². The fourth-order valence-corrected chi connectivity index (χ4v) is 3.19. The minimum absolute atomic E-state index is 0.318. The third kappa shape index (κ3) is 5.67. The van der Waals surface area contributed by atoms with Gasteiger partial charge in [0, 0.05) is 19.3 Å². The molecule has 1 fully saturated rings. The Bertz CT molecular complexity index is 705. The minimum atomic E-state index is -0.318. The van der Waals surface area contributed by atoms with Crippen LogP contribution in [0.3, 0.4) is 0 Å². The van der Waals surface area contributed by atoms with Crippen molar-refractivity contribution in [2.24, 2.45) is 7.05 Å². The maximum atomic E-state index is 9.60. The third-order valence-electron chi connectivity index (χ3n) is 3.79. The lowest BCUT2D eigenvalue weighted by Gasteiger charge is -2.24. The van der Waals surface area contributed by atoms with Gasteiger partial charge in [-0.15, -0.1) is 0 Å². The van der Waals surface area contributed by atoms with E-state index in [0.717, 1.165) is 47.3 Å². The van der Waals surface area contributed by atoms with E-state index in [4.69, 9.17) is 0 Å². The summed E-state index contributed by atoms with van der Waals surface area (Å²) in [6, 6.07) is 0.498. The van der Waals surface area contributed by atoms with Crippen LogP contribution in [-0.2, 0) is 16.6 Å². The van der Waals surface area contributed by atoms with Crippen molar-refractivity contribution in [3.05, 3.63) is 17.0 Å². The number of carbonyl (C=O) groups excluding carboxylic acids is 1. The predicted molar refractivity (Wildman–Crippen MR) is 103 cm³/mol. The van der Waals surface area contributed by atoms with Crippen molar-refractivity contribution in [3.8, 4) is 0 Å². The molecule has 0 bridgehead atoms. The van der Waals surface area contributed by atoms with Crippen LogP contribution in [0.1, 0.15) is 33.6 Å². The molecule has 0 spiro atoms. The van der Waals surface area contributed by atoms with Crippen LogP contribution in [0.2, 0.25) is 0 Å². The van der Waals surface area contributed by atoms with Crippen molar-refractivity contribution in [1.82, 2.24) is 19.9 Å². The molecule has 0 saturated carbocycles.